The van der Waals surface area contributed by atoms with Crippen molar-refractivity contribution < 1.29 is 37.7 Å². The van der Waals surface area contributed by atoms with E-state index in [0.29, 0.717) is 43.7 Å². The molecule has 0 N–H and O–H groups in total. The van der Waals surface area contributed by atoms with Crippen molar-refractivity contribution in [3.8, 4) is 17.2 Å². The summed E-state index contributed by atoms with van der Waals surface area (Å²) in [6, 6.07) is 15.2. The lowest BCUT2D eigenvalue weighted by Gasteiger charge is -2.25. The van der Waals surface area contributed by atoms with Crippen molar-refractivity contribution in [2.45, 2.75) is 33.4 Å². The molecule has 1 aliphatic heterocycles. The number of fused-ring (bicyclic) bond motifs is 1. The standard InChI is InChI=1S/C35H32ClFN2O8S/c1-5-44-28-16-21(11-13-27(28)47-19-30(40)43-4)32-31(34(42)45-6-2)20(3)38-35-39(32)33(41)29(48-35)17-23-15-24(36)12-14-26(23)46-18-22-9-7-8-10-25(22)37/h7-17,32H,5-6,18-19H2,1-4H3/b29-17+/t32-/m0/s1. The molecule has 250 valence electrons. The number of nitrogens with zero attached hydrogens (tertiary/aromatic N) is 2. The number of carbonyl (C=O) groups excluding carboxylic acids is 2. The number of halogens is 2. The molecule has 1 atom stereocenters. The Morgan fingerprint density at radius 3 is 2.50 bits per heavy atom. The molecule has 0 saturated heterocycles. The van der Waals surface area contributed by atoms with Gasteiger partial charge in [0.15, 0.2) is 22.9 Å². The number of esters is 2. The highest BCUT2D eigenvalue weighted by Crippen LogP contribution is 2.36. The number of hydrogen-bond donors (Lipinski definition) is 0. The van der Waals surface area contributed by atoms with Crippen LogP contribution >= 0.6 is 22.9 Å². The van der Waals surface area contributed by atoms with E-state index in [-0.39, 0.29) is 42.3 Å². The molecule has 3 aromatic carbocycles. The molecule has 1 aliphatic rings. The molecule has 5 rings (SSSR count). The molecular formula is C35H32ClFN2O8S. The fourth-order valence-corrected chi connectivity index (χ4v) is 6.28. The Labute approximate surface area is 284 Å². The number of allylic oxidation sites excluding steroid dienone is 1. The third kappa shape index (κ3) is 7.45. The number of ether oxygens (including phenoxy) is 5. The molecule has 1 aromatic heterocycles. The van der Waals surface area contributed by atoms with E-state index in [9.17, 15) is 18.8 Å². The molecule has 0 unspecified atom stereocenters. The summed E-state index contributed by atoms with van der Waals surface area (Å²) in [5.41, 5.74) is 1.51. The summed E-state index contributed by atoms with van der Waals surface area (Å²) in [5.74, 6) is -0.630. The summed E-state index contributed by atoms with van der Waals surface area (Å²) < 4.78 is 43.5. The normalized spacial score (nSPS) is 14.2. The smallest absolute Gasteiger partial charge is 0.343 e. The number of benzene rings is 3. The zero-order valence-corrected chi connectivity index (χ0v) is 28.2. The first-order valence-electron chi connectivity index (χ1n) is 15.0. The first-order chi connectivity index (χ1) is 23.1. The fraction of sp³-hybridized carbons (Fsp3) is 0.257. The highest BCUT2D eigenvalue weighted by atomic mass is 35.5. The van der Waals surface area contributed by atoms with E-state index in [2.05, 4.69) is 9.73 Å². The van der Waals surface area contributed by atoms with E-state index < -0.39 is 29.4 Å². The second-order valence-electron chi connectivity index (χ2n) is 10.4. The van der Waals surface area contributed by atoms with Crippen molar-refractivity contribution >= 4 is 41.0 Å². The molecule has 4 aromatic rings. The number of thiazole rings is 1. The van der Waals surface area contributed by atoms with Crippen LogP contribution in [-0.2, 0) is 25.7 Å². The Hall–Kier alpha value is -4.94. The van der Waals surface area contributed by atoms with Gasteiger partial charge in [-0.15, -0.1) is 0 Å². The molecule has 0 bridgehead atoms. The Balaban J connectivity index is 1.62. The van der Waals surface area contributed by atoms with Gasteiger partial charge in [-0.2, -0.15) is 0 Å². The lowest BCUT2D eigenvalue weighted by Crippen LogP contribution is -2.40. The molecule has 0 amide bonds. The fourth-order valence-electron chi connectivity index (χ4n) is 5.06. The molecule has 0 saturated carbocycles. The Morgan fingerprint density at radius 1 is 1.00 bits per heavy atom. The van der Waals surface area contributed by atoms with Crippen molar-refractivity contribution in [2.75, 3.05) is 26.9 Å². The average molecular weight is 695 g/mol. The zero-order valence-electron chi connectivity index (χ0n) is 26.6. The highest BCUT2D eigenvalue weighted by Gasteiger charge is 2.34. The lowest BCUT2D eigenvalue weighted by atomic mass is 9.95. The molecule has 13 heteroatoms. The third-order valence-corrected chi connectivity index (χ3v) is 8.49. The van der Waals surface area contributed by atoms with Gasteiger partial charge < -0.3 is 23.7 Å². The molecule has 0 radical (unpaired) electrons. The third-order valence-electron chi connectivity index (χ3n) is 7.27. The van der Waals surface area contributed by atoms with Crippen LogP contribution in [0.4, 0.5) is 4.39 Å². The minimum Gasteiger partial charge on any atom is -0.490 e. The van der Waals surface area contributed by atoms with Crippen molar-refractivity contribution in [3.63, 3.8) is 0 Å². The quantitative estimate of drug-likeness (QED) is 0.188. The van der Waals surface area contributed by atoms with Gasteiger partial charge in [-0.1, -0.05) is 47.2 Å². The van der Waals surface area contributed by atoms with Crippen molar-refractivity contribution in [2.24, 2.45) is 4.99 Å². The molecule has 10 nitrogen and oxygen atoms in total. The van der Waals surface area contributed by atoms with Crippen LogP contribution in [-0.4, -0.2) is 43.4 Å². The van der Waals surface area contributed by atoms with Crippen LogP contribution in [0.25, 0.3) is 6.08 Å². The van der Waals surface area contributed by atoms with Crippen molar-refractivity contribution in [3.05, 3.63) is 119 Å². The van der Waals surface area contributed by atoms with E-state index in [1.165, 1.54) is 17.7 Å². The lowest BCUT2D eigenvalue weighted by molar-refractivity contribution is -0.143. The van der Waals surface area contributed by atoms with Gasteiger partial charge >= 0.3 is 11.9 Å². The Morgan fingerprint density at radius 2 is 1.77 bits per heavy atom. The monoisotopic (exact) mass is 694 g/mol. The van der Waals surface area contributed by atoms with Gasteiger partial charge in [0.05, 0.1) is 42.2 Å². The summed E-state index contributed by atoms with van der Waals surface area (Å²) in [6.07, 6.45) is 1.63. The van der Waals surface area contributed by atoms with Crippen LogP contribution in [0.15, 0.2) is 81.7 Å². The van der Waals surface area contributed by atoms with Gasteiger partial charge in [0.1, 0.15) is 18.2 Å². The molecule has 0 fully saturated rings. The predicted molar refractivity (Wildman–Crippen MR) is 178 cm³/mol. The minimum absolute atomic E-state index is 0.0417. The Kier molecular flexibility index (Phi) is 11.0. The van der Waals surface area contributed by atoms with E-state index >= 15 is 0 Å². The van der Waals surface area contributed by atoms with Gasteiger partial charge in [0, 0.05) is 16.1 Å². The van der Waals surface area contributed by atoms with Crippen LogP contribution < -0.4 is 29.1 Å². The SMILES string of the molecule is CCOC(=O)C1=C(C)N=c2s/c(=C/c3cc(Cl)ccc3OCc3ccccc3F)c(=O)n2[C@H]1c1ccc(OCC(=O)OC)c(OCC)c1. The number of methoxy groups -OCH3 is 1. The van der Waals surface area contributed by atoms with Crippen LogP contribution in [0.2, 0.25) is 5.02 Å². The second-order valence-corrected chi connectivity index (χ2v) is 11.8. The number of hydrogen-bond acceptors (Lipinski definition) is 10. The molecule has 2 heterocycles. The number of carbonyl (C=O) groups is 2. The number of aromatic nitrogens is 1. The molecular weight excluding hydrogens is 663 g/mol. The minimum atomic E-state index is -0.938. The summed E-state index contributed by atoms with van der Waals surface area (Å²) in [4.78, 5) is 44.3. The first kappa shape index (κ1) is 34.4. The summed E-state index contributed by atoms with van der Waals surface area (Å²) in [7, 11) is 1.26. The maximum absolute atomic E-state index is 14.3. The largest absolute Gasteiger partial charge is 0.490 e. The average Bonchev–Trinajstić information content (AvgIpc) is 3.37. The van der Waals surface area contributed by atoms with Crippen molar-refractivity contribution in [1.29, 1.82) is 0 Å². The number of rotatable bonds is 12. The van der Waals surface area contributed by atoms with E-state index in [0.717, 1.165) is 11.3 Å². The maximum Gasteiger partial charge on any atom is 0.343 e. The van der Waals surface area contributed by atoms with Gasteiger partial charge in [-0.3, -0.25) is 9.36 Å². The van der Waals surface area contributed by atoms with Crippen LogP contribution in [0, 0.1) is 5.82 Å². The molecule has 48 heavy (non-hydrogen) atoms. The zero-order chi connectivity index (χ0) is 34.4. The van der Waals surface area contributed by atoms with Gasteiger partial charge in [0.25, 0.3) is 5.56 Å². The maximum atomic E-state index is 14.3. The van der Waals surface area contributed by atoms with E-state index in [4.69, 9.17) is 30.5 Å². The van der Waals surface area contributed by atoms with Crippen LogP contribution in [0.5, 0.6) is 17.2 Å². The van der Waals surface area contributed by atoms with E-state index in [1.807, 2.05) is 0 Å². The van der Waals surface area contributed by atoms with Crippen LogP contribution in [0.3, 0.4) is 0 Å². The molecule has 0 spiro atoms. The van der Waals surface area contributed by atoms with Crippen LogP contribution in [0.1, 0.15) is 43.5 Å². The Bertz CT molecular complexity index is 2070. The summed E-state index contributed by atoms with van der Waals surface area (Å²) >= 11 is 7.46. The summed E-state index contributed by atoms with van der Waals surface area (Å²) in [5, 5.41) is 0.406. The first-order valence-corrected chi connectivity index (χ1v) is 16.2. The molecule has 0 aliphatic carbocycles. The van der Waals surface area contributed by atoms with Crippen molar-refractivity contribution in [1.82, 2.24) is 4.57 Å². The van der Waals surface area contributed by atoms with Gasteiger partial charge in [-0.05, 0) is 68.8 Å². The second kappa shape index (κ2) is 15.3. The summed E-state index contributed by atoms with van der Waals surface area (Å²) in [6.45, 7) is 5.17. The van der Waals surface area contributed by atoms with Gasteiger partial charge in [0.2, 0.25) is 0 Å². The predicted octanol–water partition coefficient (Wildman–Crippen LogP) is 5.12. The topological polar surface area (TPSA) is 115 Å². The van der Waals surface area contributed by atoms with E-state index in [1.54, 1.807) is 81.4 Å². The highest BCUT2D eigenvalue weighted by molar-refractivity contribution is 7.07. The van der Waals surface area contributed by atoms with Gasteiger partial charge in [-0.25, -0.2) is 19.0 Å².